The van der Waals surface area contributed by atoms with Gasteiger partial charge in [0.05, 0.1) is 0 Å². The lowest BCUT2D eigenvalue weighted by atomic mass is 10.0. The molecule has 0 aliphatic carbocycles. The number of anilines is 1. The van der Waals surface area contributed by atoms with Crippen LogP contribution in [0.5, 0.6) is 0 Å². The van der Waals surface area contributed by atoms with Crippen LogP contribution in [0.4, 0.5) is 5.69 Å². The molecule has 2 heteroatoms. The number of nitrogens with one attached hydrogen (secondary N) is 1. The van der Waals surface area contributed by atoms with Crippen molar-refractivity contribution in [2.45, 2.75) is 47.0 Å². The fourth-order valence-electron chi connectivity index (χ4n) is 1.98. The van der Waals surface area contributed by atoms with Crippen LogP contribution in [-0.2, 0) is 4.79 Å². The highest BCUT2D eigenvalue weighted by Crippen LogP contribution is 2.18. The first-order chi connectivity index (χ1) is 8.02. The van der Waals surface area contributed by atoms with Gasteiger partial charge in [0.15, 0.2) is 0 Å². The topological polar surface area (TPSA) is 29.1 Å². The number of hydrogen-bond donors (Lipinski definition) is 1. The molecule has 1 atom stereocenters. The van der Waals surface area contributed by atoms with Crippen molar-refractivity contribution in [2.24, 2.45) is 5.92 Å². The first-order valence-corrected chi connectivity index (χ1v) is 6.40. The monoisotopic (exact) mass is 233 g/mol. The second-order valence-electron chi connectivity index (χ2n) is 4.96. The van der Waals surface area contributed by atoms with Gasteiger partial charge in [0.25, 0.3) is 0 Å². The van der Waals surface area contributed by atoms with Crippen molar-refractivity contribution >= 4 is 11.6 Å². The SMILES string of the molecule is CCCC(C)CC(=O)Nc1cc(C)ccc1C. The fraction of sp³-hybridized carbons (Fsp3) is 0.533. The number of hydrogen-bond acceptors (Lipinski definition) is 1. The van der Waals surface area contributed by atoms with Gasteiger partial charge < -0.3 is 5.32 Å². The Hall–Kier alpha value is -1.31. The maximum atomic E-state index is 11.9. The average molecular weight is 233 g/mol. The van der Waals surface area contributed by atoms with Crippen molar-refractivity contribution in [3.05, 3.63) is 29.3 Å². The van der Waals surface area contributed by atoms with Crippen molar-refractivity contribution in [3.63, 3.8) is 0 Å². The fourth-order valence-corrected chi connectivity index (χ4v) is 1.98. The number of amides is 1. The van der Waals surface area contributed by atoms with E-state index >= 15 is 0 Å². The maximum absolute atomic E-state index is 11.9. The summed E-state index contributed by atoms with van der Waals surface area (Å²) >= 11 is 0. The number of rotatable bonds is 5. The largest absolute Gasteiger partial charge is 0.326 e. The van der Waals surface area contributed by atoms with Crippen LogP contribution in [0.2, 0.25) is 0 Å². The molecule has 94 valence electrons. The van der Waals surface area contributed by atoms with E-state index in [2.05, 4.69) is 25.2 Å². The second-order valence-corrected chi connectivity index (χ2v) is 4.96. The van der Waals surface area contributed by atoms with Crippen LogP contribution >= 0.6 is 0 Å². The molecule has 0 aromatic heterocycles. The Balaban J connectivity index is 2.58. The van der Waals surface area contributed by atoms with E-state index in [4.69, 9.17) is 0 Å². The highest BCUT2D eigenvalue weighted by molar-refractivity contribution is 5.91. The summed E-state index contributed by atoms with van der Waals surface area (Å²) in [7, 11) is 0. The molecule has 0 spiro atoms. The smallest absolute Gasteiger partial charge is 0.224 e. The molecule has 1 unspecified atom stereocenters. The van der Waals surface area contributed by atoms with Gasteiger partial charge in [-0.1, -0.05) is 38.8 Å². The lowest BCUT2D eigenvalue weighted by molar-refractivity contribution is -0.117. The summed E-state index contributed by atoms with van der Waals surface area (Å²) < 4.78 is 0. The minimum Gasteiger partial charge on any atom is -0.326 e. The molecule has 1 aromatic rings. The molecular formula is C15H23NO. The van der Waals surface area contributed by atoms with Crippen LogP contribution in [0.25, 0.3) is 0 Å². The minimum atomic E-state index is 0.125. The van der Waals surface area contributed by atoms with E-state index in [-0.39, 0.29) is 5.91 Å². The van der Waals surface area contributed by atoms with E-state index in [0.717, 1.165) is 24.1 Å². The molecule has 1 rings (SSSR count). The first-order valence-electron chi connectivity index (χ1n) is 6.40. The van der Waals surface area contributed by atoms with Gasteiger partial charge in [0, 0.05) is 12.1 Å². The molecule has 1 amide bonds. The van der Waals surface area contributed by atoms with E-state index in [1.807, 2.05) is 26.0 Å². The Labute approximate surface area is 104 Å². The van der Waals surface area contributed by atoms with E-state index in [1.54, 1.807) is 0 Å². The van der Waals surface area contributed by atoms with Crippen LogP contribution in [0, 0.1) is 19.8 Å². The summed E-state index contributed by atoms with van der Waals surface area (Å²) in [5.41, 5.74) is 3.23. The molecule has 0 aliphatic heterocycles. The van der Waals surface area contributed by atoms with E-state index in [1.165, 1.54) is 5.56 Å². The van der Waals surface area contributed by atoms with Crippen LogP contribution in [0.3, 0.4) is 0 Å². The number of aryl methyl sites for hydroxylation is 2. The zero-order valence-corrected chi connectivity index (χ0v) is 11.3. The Morgan fingerprint density at radius 2 is 2.06 bits per heavy atom. The van der Waals surface area contributed by atoms with Crippen LogP contribution in [0.15, 0.2) is 18.2 Å². The van der Waals surface area contributed by atoms with E-state index < -0.39 is 0 Å². The summed E-state index contributed by atoms with van der Waals surface area (Å²) in [6, 6.07) is 6.13. The third-order valence-corrected chi connectivity index (χ3v) is 2.98. The predicted molar refractivity (Wildman–Crippen MR) is 73.2 cm³/mol. The Kier molecular flexibility index (Phi) is 5.20. The summed E-state index contributed by atoms with van der Waals surface area (Å²) in [6.45, 7) is 8.34. The van der Waals surface area contributed by atoms with E-state index in [0.29, 0.717) is 12.3 Å². The van der Waals surface area contributed by atoms with Crippen molar-refractivity contribution in [1.82, 2.24) is 0 Å². The van der Waals surface area contributed by atoms with Gasteiger partial charge in [-0.2, -0.15) is 0 Å². The number of carbonyl (C=O) groups is 1. The van der Waals surface area contributed by atoms with Gasteiger partial charge in [-0.15, -0.1) is 0 Å². The number of benzene rings is 1. The molecule has 2 nitrogen and oxygen atoms in total. The van der Waals surface area contributed by atoms with Crippen LogP contribution in [0.1, 0.15) is 44.2 Å². The summed E-state index contributed by atoms with van der Waals surface area (Å²) in [5, 5.41) is 3.00. The summed E-state index contributed by atoms with van der Waals surface area (Å²) in [4.78, 5) is 11.9. The highest BCUT2D eigenvalue weighted by atomic mass is 16.1. The van der Waals surface area contributed by atoms with Crippen LogP contribution < -0.4 is 5.32 Å². The average Bonchev–Trinajstić information content (AvgIpc) is 2.23. The van der Waals surface area contributed by atoms with Crippen LogP contribution in [-0.4, -0.2) is 5.91 Å². The van der Waals surface area contributed by atoms with Crippen molar-refractivity contribution in [1.29, 1.82) is 0 Å². The third-order valence-electron chi connectivity index (χ3n) is 2.98. The van der Waals surface area contributed by atoms with Gasteiger partial charge in [-0.25, -0.2) is 0 Å². The predicted octanol–water partition coefficient (Wildman–Crippen LogP) is 4.07. The molecule has 0 heterocycles. The molecule has 1 N–H and O–H groups in total. The molecule has 17 heavy (non-hydrogen) atoms. The van der Waals surface area contributed by atoms with Gasteiger partial charge in [0.1, 0.15) is 0 Å². The number of carbonyl (C=O) groups excluding carboxylic acids is 1. The quantitative estimate of drug-likeness (QED) is 0.816. The minimum absolute atomic E-state index is 0.125. The highest BCUT2D eigenvalue weighted by Gasteiger charge is 2.09. The summed E-state index contributed by atoms with van der Waals surface area (Å²) in [6.07, 6.45) is 2.86. The lowest BCUT2D eigenvalue weighted by Gasteiger charge is -2.12. The first kappa shape index (κ1) is 13.8. The zero-order chi connectivity index (χ0) is 12.8. The molecule has 0 saturated heterocycles. The molecule has 0 radical (unpaired) electrons. The second kappa shape index (κ2) is 6.43. The van der Waals surface area contributed by atoms with Gasteiger partial charge in [-0.05, 0) is 37.0 Å². The van der Waals surface area contributed by atoms with Crippen molar-refractivity contribution in [2.75, 3.05) is 5.32 Å². The zero-order valence-electron chi connectivity index (χ0n) is 11.3. The van der Waals surface area contributed by atoms with Gasteiger partial charge >= 0.3 is 0 Å². The van der Waals surface area contributed by atoms with E-state index in [9.17, 15) is 4.79 Å². The molecule has 0 saturated carbocycles. The third kappa shape index (κ3) is 4.59. The molecule has 0 bridgehead atoms. The van der Waals surface area contributed by atoms with Gasteiger partial charge in [0.2, 0.25) is 5.91 Å². The summed E-state index contributed by atoms with van der Waals surface area (Å²) in [5.74, 6) is 0.588. The van der Waals surface area contributed by atoms with Gasteiger partial charge in [-0.3, -0.25) is 4.79 Å². The Morgan fingerprint density at radius 3 is 2.71 bits per heavy atom. The Morgan fingerprint density at radius 1 is 1.35 bits per heavy atom. The standard InChI is InChI=1S/C15H23NO/c1-5-6-11(2)10-15(17)16-14-9-12(3)7-8-13(14)4/h7-9,11H,5-6,10H2,1-4H3,(H,16,17). The molecule has 0 aliphatic rings. The molecular weight excluding hydrogens is 210 g/mol. The molecule has 0 fully saturated rings. The van der Waals surface area contributed by atoms with Crippen molar-refractivity contribution in [3.8, 4) is 0 Å². The lowest BCUT2D eigenvalue weighted by Crippen LogP contribution is -2.15. The normalized spacial score (nSPS) is 12.2. The Bertz CT molecular complexity index is 385. The maximum Gasteiger partial charge on any atom is 0.224 e. The van der Waals surface area contributed by atoms with Crippen molar-refractivity contribution < 1.29 is 4.79 Å². The molecule has 1 aromatic carbocycles.